The lowest BCUT2D eigenvalue weighted by molar-refractivity contribution is -0.121. The fourth-order valence-electron chi connectivity index (χ4n) is 2.07. The fourth-order valence-corrected chi connectivity index (χ4v) is 2.07. The van der Waals surface area contributed by atoms with Gasteiger partial charge in [0, 0.05) is 12.1 Å². The van der Waals surface area contributed by atoms with Crippen LogP contribution in [0.25, 0.3) is 0 Å². The number of benzene rings is 1. The number of carbonyl (C=O) groups excluding carboxylic acids is 2. The van der Waals surface area contributed by atoms with E-state index in [9.17, 15) is 9.59 Å². The third-order valence-electron chi connectivity index (χ3n) is 3.09. The van der Waals surface area contributed by atoms with E-state index in [0.29, 0.717) is 13.0 Å². The molecule has 0 saturated heterocycles. The van der Waals surface area contributed by atoms with E-state index in [1.54, 1.807) is 14.2 Å². The number of hydrogen-bond donors (Lipinski definition) is 3. The number of rotatable bonds is 7. The highest BCUT2D eigenvalue weighted by atomic mass is 16.5. The van der Waals surface area contributed by atoms with Crippen LogP contribution in [0.5, 0.6) is 11.5 Å². The van der Waals surface area contributed by atoms with Crippen LogP contribution in [-0.2, 0) is 11.2 Å². The summed E-state index contributed by atoms with van der Waals surface area (Å²) in [6.45, 7) is 5.99. The van der Waals surface area contributed by atoms with Crippen LogP contribution in [0.1, 0.15) is 26.3 Å². The van der Waals surface area contributed by atoms with Gasteiger partial charge >= 0.3 is 6.03 Å². The van der Waals surface area contributed by atoms with Crippen LogP contribution in [0.4, 0.5) is 4.79 Å². The predicted molar refractivity (Wildman–Crippen MR) is 92.5 cm³/mol. The maximum Gasteiger partial charge on any atom is 0.315 e. The monoisotopic (exact) mass is 337 g/mol. The van der Waals surface area contributed by atoms with Crippen molar-refractivity contribution < 1.29 is 19.1 Å². The minimum atomic E-state index is -0.388. The average molecular weight is 337 g/mol. The van der Waals surface area contributed by atoms with E-state index >= 15 is 0 Å². The lowest BCUT2D eigenvalue weighted by atomic mass is 10.1. The van der Waals surface area contributed by atoms with Gasteiger partial charge in [-0.25, -0.2) is 4.79 Å². The quantitative estimate of drug-likeness (QED) is 0.703. The number of methoxy groups -OCH3 is 2. The van der Waals surface area contributed by atoms with Crippen molar-refractivity contribution in [3.05, 3.63) is 23.8 Å². The minimum absolute atomic E-state index is 0.0639. The third kappa shape index (κ3) is 7.21. The molecule has 0 fully saturated rings. The largest absolute Gasteiger partial charge is 0.497 e. The molecule has 3 amide bonds. The third-order valence-corrected chi connectivity index (χ3v) is 3.09. The zero-order valence-electron chi connectivity index (χ0n) is 15.0. The van der Waals surface area contributed by atoms with Gasteiger partial charge in [0.05, 0.1) is 20.8 Å². The molecule has 0 aliphatic heterocycles. The molecular weight excluding hydrogens is 310 g/mol. The summed E-state index contributed by atoms with van der Waals surface area (Å²) in [5, 5.41) is 8.01. The molecule has 0 saturated carbocycles. The molecule has 1 rings (SSSR count). The van der Waals surface area contributed by atoms with E-state index in [-0.39, 0.29) is 24.0 Å². The van der Waals surface area contributed by atoms with E-state index in [0.717, 1.165) is 17.1 Å². The smallest absolute Gasteiger partial charge is 0.315 e. The summed E-state index contributed by atoms with van der Waals surface area (Å²) in [7, 11) is 3.19. The van der Waals surface area contributed by atoms with Crippen molar-refractivity contribution in [1.29, 1.82) is 0 Å². The molecule has 7 nitrogen and oxygen atoms in total. The molecule has 0 aromatic heterocycles. The van der Waals surface area contributed by atoms with Crippen molar-refractivity contribution in [3.8, 4) is 11.5 Å². The minimum Gasteiger partial charge on any atom is -0.497 e. The Morgan fingerprint density at radius 3 is 2.38 bits per heavy atom. The van der Waals surface area contributed by atoms with Crippen molar-refractivity contribution in [2.75, 3.05) is 27.3 Å². The van der Waals surface area contributed by atoms with Gasteiger partial charge in [0.25, 0.3) is 0 Å². The molecular formula is C17H27N3O4. The lowest BCUT2D eigenvalue weighted by Gasteiger charge is -2.20. The van der Waals surface area contributed by atoms with Crippen molar-refractivity contribution in [2.24, 2.45) is 0 Å². The van der Waals surface area contributed by atoms with Crippen LogP contribution < -0.4 is 25.4 Å². The van der Waals surface area contributed by atoms with Crippen LogP contribution in [0, 0.1) is 0 Å². The summed E-state index contributed by atoms with van der Waals surface area (Å²) < 4.78 is 10.5. The van der Waals surface area contributed by atoms with Crippen molar-refractivity contribution in [1.82, 2.24) is 16.0 Å². The van der Waals surface area contributed by atoms with Crippen LogP contribution in [0.15, 0.2) is 18.2 Å². The van der Waals surface area contributed by atoms with E-state index in [4.69, 9.17) is 9.47 Å². The van der Waals surface area contributed by atoms with Gasteiger partial charge < -0.3 is 25.4 Å². The van der Waals surface area contributed by atoms with Gasteiger partial charge in [-0.15, -0.1) is 0 Å². The Balaban J connectivity index is 2.39. The highest BCUT2D eigenvalue weighted by Crippen LogP contribution is 2.24. The van der Waals surface area contributed by atoms with Crippen LogP contribution in [0.3, 0.4) is 0 Å². The number of hydrogen-bond acceptors (Lipinski definition) is 4. The molecule has 0 aliphatic rings. The second-order valence-corrected chi connectivity index (χ2v) is 6.34. The Bertz CT molecular complexity index is 567. The summed E-state index contributed by atoms with van der Waals surface area (Å²) in [6.07, 6.45) is 0.585. The highest BCUT2D eigenvalue weighted by Gasteiger charge is 2.14. The Morgan fingerprint density at radius 1 is 1.08 bits per heavy atom. The zero-order valence-corrected chi connectivity index (χ0v) is 15.0. The molecule has 0 bridgehead atoms. The maximum atomic E-state index is 11.7. The molecule has 0 radical (unpaired) electrons. The van der Waals surface area contributed by atoms with Gasteiger partial charge in [-0.05, 0) is 51.0 Å². The molecule has 3 N–H and O–H groups in total. The van der Waals surface area contributed by atoms with Gasteiger partial charge in [-0.2, -0.15) is 0 Å². The van der Waals surface area contributed by atoms with Crippen LogP contribution >= 0.6 is 0 Å². The number of urea groups is 1. The van der Waals surface area contributed by atoms with E-state index in [1.165, 1.54) is 0 Å². The maximum absolute atomic E-state index is 11.7. The topological polar surface area (TPSA) is 88.7 Å². The summed E-state index contributed by atoms with van der Waals surface area (Å²) in [6, 6.07) is 5.12. The molecule has 0 aliphatic carbocycles. The normalized spacial score (nSPS) is 10.7. The van der Waals surface area contributed by atoms with Gasteiger partial charge in [-0.1, -0.05) is 0 Å². The van der Waals surface area contributed by atoms with Gasteiger partial charge in [0.1, 0.15) is 11.5 Å². The van der Waals surface area contributed by atoms with E-state index < -0.39 is 0 Å². The summed E-state index contributed by atoms with van der Waals surface area (Å²) in [5.74, 6) is 1.24. The molecule has 7 heteroatoms. The molecule has 134 valence electrons. The van der Waals surface area contributed by atoms with Crippen LogP contribution in [-0.4, -0.2) is 44.8 Å². The second kappa shape index (κ2) is 9.00. The lowest BCUT2D eigenvalue weighted by Crippen LogP contribution is -2.47. The predicted octanol–water partition coefficient (Wildman–Crippen LogP) is 1.46. The fraction of sp³-hybridized carbons (Fsp3) is 0.529. The molecule has 1 aromatic carbocycles. The van der Waals surface area contributed by atoms with Crippen molar-refractivity contribution in [2.45, 2.75) is 32.7 Å². The molecule has 24 heavy (non-hydrogen) atoms. The molecule has 1 aromatic rings. The second-order valence-electron chi connectivity index (χ2n) is 6.34. The Labute approximate surface area is 143 Å². The van der Waals surface area contributed by atoms with Gasteiger partial charge in [0.2, 0.25) is 5.91 Å². The zero-order chi connectivity index (χ0) is 18.2. The molecule has 0 unspecified atom stereocenters. The SMILES string of the molecule is COc1ccc(OC)c(CCNC(=O)NCC(=O)NC(C)(C)C)c1. The summed E-state index contributed by atoms with van der Waals surface area (Å²) in [4.78, 5) is 23.4. The molecule has 0 atom stereocenters. The van der Waals surface area contributed by atoms with Gasteiger partial charge in [-0.3, -0.25) is 4.79 Å². The van der Waals surface area contributed by atoms with E-state index in [2.05, 4.69) is 16.0 Å². The first-order valence-electron chi connectivity index (χ1n) is 7.79. The Hall–Kier alpha value is -2.44. The van der Waals surface area contributed by atoms with E-state index in [1.807, 2.05) is 39.0 Å². The first-order chi connectivity index (χ1) is 11.2. The van der Waals surface area contributed by atoms with Gasteiger partial charge in [0.15, 0.2) is 0 Å². The number of nitrogens with one attached hydrogen (secondary N) is 3. The number of ether oxygens (including phenoxy) is 2. The van der Waals surface area contributed by atoms with Crippen molar-refractivity contribution in [3.63, 3.8) is 0 Å². The van der Waals surface area contributed by atoms with Crippen molar-refractivity contribution >= 4 is 11.9 Å². The Morgan fingerprint density at radius 2 is 1.79 bits per heavy atom. The summed E-state index contributed by atoms with van der Waals surface area (Å²) in [5.41, 5.74) is 0.612. The standard InChI is InChI=1S/C17H27N3O4/c1-17(2,3)20-15(21)11-19-16(22)18-9-8-12-10-13(23-4)6-7-14(12)24-5/h6-7,10H,8-9,11H2,1-5H3,(H,20,21)(H2,18,19,22). The Kier molecular flexibility index (Phi) is 7.35. The summed E-state index contributed by atoms with van der Waals surface area (Å²) >= 11 is 0. The average Bonchev–Trinajstić information content (AvgIpc) is 2.51. The number of amides is 3. The highest BCUT2D eigenvalue weighted by molar-refractivity contribution is 5.84. The first-order valence-corrected chi connectivity index (χ1v) is 7.79. The first kappa shape index (κ1) is 19.6. The van der Waals surface area contributed by atoms with Crippen LogP contribution in [0.2, 0.25) is 0 Å². The molecule has 0 spiro atoms. The number of carbonyl (C=O) groups is 2. The molecule has 0 heterocycles.